The average molecular weight is 603 g/mol. The van der Waals surface area contributed by atoms with Crippen molar-refractivity contribution in [1.82, 2.24) is 25.1 Å². The molecule has 12 heteroatoms. The number of fused-ring (bicyclic) bond motifs is 1. The average Bonchev–Trinajstić information content (AvgIpc) is 3.42. The quantitative estimate of drug-likeness (QED) is 0.452. The number of carbonyl (C=O) groups is 2. The topological polar surface area (TPSA) is 109 Å². The third-order valence-electron chi connectivity index (χ3n) is 7.94. The smallest absolute Gasteiger partial charge is 0.410 e. The molecule has 42 heavy (non-hydrogen) atoms. The van der Waals surface area contributed by atoms with Gasteiger partial charge in [-0.1, -0.05) is 17.7 Å². The standard InChI is InChI=1S/C30H40ClFN6O4/c1-30(2,3)42-29(40)38-11-4-5-22(38)16-25(19-6-7-24(32)23(31)15-19)36-28(39)37-12-8-20-17-33-27(35-26(20)18-37)34-21-9-13-41-14-10-21/h6-7,15,17,21-22,25H,4-5,8-14,16,18H2,1-3H3,(H,36,39)(H,33,34,35)/t22-,25?/m1/s1. The van der Waals surface area contributed by atoms with Gasteiger partial charge in [0, 0.05) is 44.6 Å². The highest BCUT2D eigenvalue weighted by Crippen LogP contribution is 2.31. The number of hydrogen-bond acceptors (Lipinski definition) is 7. The van der Waals surface area contributed by atoms with Gasteiger partial charge in [0.1, 0.15) is 11.4 Å². The maximum absolute atomic E-state index is 14.0. The number of aromatic nitrogens is 2. The lowest BCUT2D eigenvalue weighted by Crippen LogP contribution is -2.46. The van der Waals surface area contributed by atoms with Gasteiger partial charge in [-0.2, -0.15) is 0 Å². The maximum atomic E-state index is 14.0. The van der Waals surface area contributed by atoms with Gasteiger partial charge >= 0.3 is 12.1 Å². The zero-order valence-electron chi connectivity index (χ0n) is 24.5. The maximum Gasteiger partial charge on any atom is 0.410 e. The van der Waals surface area contributed by atoms with Crippen LogP contribution < -0.4 is 10.6 Å². The fourth-order valence-electron chi connectivity index (χ4n) is 5.73. The van der Waals surface area contributed by atoms with E-state index in [0.717, 1.165) is 36.9 Å². The van der Waals surface area contributed by atoms with E-state index < -0.39 is 17.5 Å². The van der Waals surface area contributed by atoms with Crippen LogP contribution in [-0.4, -0.2) is 75.9 Å². The van der Waals surface area contributed by atoms with Crippen LogP contribution in [0.3, 0.4) is 0 Å². The SMILES string of the molecule is CC(C)(C)OC(=O)N1CCC[C@@H]1CC(NC(=O)N1CCc2cnc(NC3CCOCC3)nc2C1)c1ccc(F)c(Cl)c1. The molecule has 0 saturated carbocycles. The molecule has 4 heterocycles. The first-order valence-electron chi connectivity index (χ1n) is 14.7. The van der Waals surface area contributed by atoms with E-state index in [4.69, 9.17) is 26.1 Å². The summed E-state index contributed by atoms with van der Waals surface area (Å²) in [4.78, 5) is 39.3. The highest BCUT2D eigenvalue weighted by molar-refractivity contribution is 6.30. The van der Waals surface area contributed by atoms with Crippen molar-refractivity contribution in [3.63, 3.8) is 0 Å². The van der Waals surface area contributed by atoms with Crippen LogP contribution in [0, 0.1) is 5.82 Å². The number of amides is 3. The van der Waals surface area contributed by atoms with Gasteiger partial charge in [-0.15, -0.1) is 0 Å². The second-order valence-electron chi connectivity index (χ2n) is 12.2. The lowest BCUT2D eigenvalue weighted by atomic mass is 9.97. The Bertz CT molecular complexity index is 1280. The molecule has 2 fully saturated rings. The number of nitrogens with zero attached hydrogens (tertiary/aromatic N) is 4. The lowest BCUT2D eigenvalue weighted by Gasteiger charge is -2.33. The summed E-state index contributed by atoms with van der Waals surface area (Å²) in [5.41, 5.74) is 1.90. The molecular weight excluding hydrogens is 563 g/mol. The second kappa shape index (κ2) is 13.0. The number of rotatable bonds is 6. The minimum atomic E-state index is -0.614. The molecule has 2 N–H and O–H groups in total. The van der Waals surface area contributed by atoms with Gasteiger partial charge in [-0.3, -0.25) is 0 Å². The first-order valence-corrected chi connectivity index (χ1v) is 15.1. The minimum Gasteiger partial charge on any atom is -0.444 e. The number of halogens is 2. The second-order valence-corrected chi connectivity index (χ2v) is 12.7. The summed E-state index contributed by atoms with van der Waals surface area (Å²) >= 11 is 6.14. The largest absolute Gasteiger partial charge is 0.444 e. The summed E-state index contributed by atoms with van der Waals surface area (Å²) in [6, 6.07) is 3.83. The highest BCUT2D eigenvalue weighted by Gasteiger charge is 2.35. The third kappa shape index (κ3) is 7.60. The first kappa shape index (κ1) is 30.3. The lowest BCUT2D eigenvalue weighted by molar-refractivity contribution is 0.0213. The number of benzene rings is 1. The predicted octanol–water partition coefficient (Wildman–Crippen LogP) is 5.46. The molecule has 228 valence electrons. The van der Waals surface area contributed by atoms with E-state index in [9.17, 15) is 14.0 Å². The van der Waals surface area contributed by atoms with E-state index in [1.807, 2.05) is 27.0 Å². The number of hydrogen-bond donors (Lipinski definition) is 2. The fraction of sp³-hybridized carbons (Fsp3) is 0.600. The highest BCUT2D eigenvalue weighted by atomic mass is 35.5. The molecule has 3 amide bonds. The normalized spacial score (nSPS) is 20.2. The molecule has 2 saturated heterocycles. The molecule has 3 aliphatic rings. The molecule has 1 aromatic heterocycles. The molecule has 2 atom stereocenters. The Morgan fingerprint density at radius 1 is 1.21 bits per heavy atom. The fourth-order valence-corrected chi connectivity index (χ4v) is 5.92. The van der Waals surface area contributed by atoms with Crippen molar-refractivity contribution in [2.45, 2.75) is 89.6 Å². The Morgan fingerprint density at radius 3 is 2.74 bits per heavy atom. The predicted molar refractivity (Wildman–Crippen MR) is 157 cm³/mol. The summed E-state index contributed by atoms with van der Waals surface area (Å²) in [6.07, 6.45) is 5.96. The number of likely N-dealkylation sites (tertiary alicyclic amines) is 1. The number of urea groups is 1. The summed E-state index contributed by atoms with van der Waals surface area (Å²) in [5.74, 6) is 0.0319. The van der Waals surface area contributed by atoms with Crippen LogP contribution in [0.5, 0.6) is 0 Å². The van der Waals surface area contributed by atoms with Gasteiger partial charge in [0.2, 0.25) is 5.95 Å². The summed E-state index contributed by atoms with van der Waals surface area (Å²) in [5, 5.41) is 6.53. The molecular formula is C30H40ClFN6O4. The van der Waals surface area contributed by atoms with Crippen LogP contribution in [-0.2, 0) is 22.4 Å². The van der Waals surface area contributed by atoms with Crippen molar-refractivity contribution in [1.29, 1.82) is 0 Å². The Hall–Kier alpha value is -3.18. The van der Waals surface area contributed by atoms with E-state index in [1.54, 1.807) is 21.9 Å². The molecule has 1 aromatic carbocycles. The van der Waals surface area contributed by atoms with E-state index >= 15 is 0 Å². The zero-order chi connectivity index (χ0) is 29.9. The van der Waals surface area contributed by atoms with Gasteiger partial charge in [-0.25, -0.2) is 23.9 Å². The molecule has 0 bridgehead atoms. The molecule has 5 rings (SSSR count). The van der Waals surface area contributed by atoms with Crippen molar-refractivity contribution >= 4 is 29.7 Å². The molecule has 2 aromatic rings. The summed E-state index contributed by atoms with van der Waals surface area (Å²) < 4.78 is 25.1. The van der Waals surface area contributed by atoms with Crippen LogP contribution in [0.2, 0.25) is 5.02 Å². The molecule has 10 nitrogen and oxygen atoms in total. The summed E-state index contributed by atoms with van der Waals surface area (Å²) in [7, 11) is 0. The van der Waals surface area contributed by atoms with Crippen LogP contribution in [0.1, 0.15) is 75.7 Å². The van der Waals surface area contributed by atoms with Crippen LogP contribution in [0.25, 0.3) is 0 Å². The van der Waals surface area contributed by atoms with Gasteiger partial charge < -0.3 is 29.9 Å². The molecule has 3 aliphatic heterocycles. The number of ether oxygens (including phenoxy) is 2. The number of anilines is 1. The Labute approximate surface area is 251 Å². The molecule has 0 radical (unpaired) electrons. The van der Waals surface area contributed by atoms with E-state index in [1.165, 1.54) is 6.07 Å². The van der Waals surface area contributed by atoms with Crippen molar-refractivity contribution < 1.29 is 23.5 Å². The zero-order valence-corrected chi connectivity index (χ0v) is 25.3. The molecule has 1 unspecified atom stereocenters. The van der Waals surface area contributed by atoms with Crippen molar-refractivity contribution in [3.05, 3.63) is 52.1 Å². The van der Waals surface area contributed by atoms with E-state index in [2.05, 4.69) is 15.6 Å². The van der Waals surface area contributed by atoms with Crippen molar-refractivity contribution in [2.24, 2.45) is 0 Å². The van der Waals surface area contributed by atoms with E-state index in [0.29, 0.717) is 57.2 Å². The van der Waals surface area contributed by atoms with Gasteiger partial charge in [0.25, 0.3) is 0 Å². The van der Waals surface area contributed by atoms with Crippen molar-refractivity contribution in [2.75, 3.05) is 31.6 Å². The number of nitrogens with one attached hydrogen (secondary N) is 2. The van der Waals surface area contributed by atoms with Gasteiger partial charge in [0.15, 0.2) is 0 Å². The van der Waals surface area contributed by atoms with Crippen LogP contribution in [0.15, 0.2) is 24.4 Å². The van der Waals surface area contributed by atoms with Crippen LogP contribution in [0.4, 0.5) is 19.9 Å². The Morgan fingerprint density at radius 2 is 2.00 bits per heavy atom. The Kier molecular flexibility index (Phi) is 9.37. The first-order chi connectivity index (χ1) is 20.1. The third-order valence-corrected chi connectivity index (χ3v) is 8.23. The van der Waals surface area contributed by atoms with Gasteiger partial charge in [-0.05, 0) is 82.6 Å². The molecule has 0 aliphatic carbocycles. The Balaban J connectivity index is 1.30. The number of carbonyl (C=O) groups excluding carboxylic acids is 2. The molecule has 0 spiro atoms. The monoisotopic (exact) mass is 602 g/mol. The van der Waals surface area contributed by atoms with Crippen LogP contribution >= 0.6 is 11.6 Å². The minimum absolute atomic E-state index is 0.0182. The van der Waals surface area contributed by atoms with Crippen molar-refractivity contribution in [3.8, 4) is 0 Å². The van der Waals surface area contributed by atoms with Gasteiger partial charge in [0.05, 0.1) is 23.3 Å². The summed E-state index contributed by atoms with van der Waals surface area (Å²) in [6.45, 7) is 8.38. The van der Waals surface area contributed by atoms with E-state index in [-0.39, 0.29) is 29.2 Å².